The normalized spacial score (nSPS) is 18.4. The Hall–Kier alpha value is -4.04. The van der Waals surface area contributed by atoms with Crippen LogP contribution in [0.5, 0.6) is 0 Å². The maximum absolute atomic E-state index is 11.1. The summed E-state index contributed by atoms with van der Waals surface area (Å²) >= 11 is 0. The van der Waals surface area contributed by atoms with Crippen LogP contribution >= 0.6 is 0 Å². The minimum Gasteiger partial charge on any atom is -0.384 e. The molecule has 8 nitrogen and oxygen atoms in total. The number of hydrogen-bond acceptors (Lipinski definition) is 6. The van der Waals surface area contributed by atoms with E-state index in [4.69, 9.17) is 11.1 Å². The van der Waals surface area contributed by atoms with Gasteiger partial charge in [-0.3, -0.25) is 15.4 Å². The Labute approximate surface area is 178 Å². The van der Waals surface area contributed by atoms with Crippen molar-refractivity contribution in [2.75, 3.05) is 7.05 Å². The topological polar surface area (TPSA) is 127 Å². The molecule has 5 N–H and O–H groups in total. The summed E-state index contributed by atoms with van der Waals surface area (Å²) in [5.74, 6) is 0.589. The van der Waals surface area contributed by atoms with Crippen LogP contribution in [-0.2, 0) is 0 Å². The molecule has 4 aromatic rings. The van der Waals surface area contributed by atoms with Gasteiger partial charge < -0.3 is 15.8 Å². The van der Waals surface area contributed by atoms with Crippen LogP contribution in [0.2, 0.25) is 0 Å². The number of imidazole rings is 1. The predicted molar refractivity (Wildman–Crippen MR) is 120 cm³/mol. The van der Waals surface area contributed by atoms with Crippen molar-refractivity contribution >= 4 is 22.6 Å². The van der Waals surface area contributed by atoms with Gasteiger partial charge in [-0.05, 0) is 30.3 Å². The molecule has 0 aliphatic carbocycles. The molecule has 154 valence electrons. The lowest BCUT2D eigenvalue weighted by atomic mass is 10.0. The molecule has 1 aliphatic heterocycles. The smallest absolute Gasteiger partial charge is 0.136 e. The first-order valence-electron chi connectivity index (χ1n) is 9.86. The molecule has 8 heteroatoms. The second-order valence-corrected chi connectivity index (χ2v) is 7.51. The van der Waals surface area contributed by atoms with E-state index in [-0.39, 0.29) is 5.84 Å². The fraction of sp³-hybridized carbons (Fsp3) is 0.130. The van der Waals surface area contributed by atoms with Gasteiger partial charge in [-0.2, -0.15) is 5.10 Å². The number of pyridine rings is 1. The van der Waals surface area contributed by atoms with E-state index in [2.05, 4.69) is 20.1 Å². The first kappa shape index (κ1) is 19.0. The first-order chi connectivity index (χ1) is 15.0. The Morgan fingerprint density at radius 1 is 1.10 bits per heavy atom. The van der Waals surface area contributed by atoms with E-state index < -0.39 is 12.1 Å². The van der Waals surface area contributed by atoms with Crippen molar-refractivity contribution in [2.45, 2.75) is 12.1 Å². The molecule has 0 spiro atoms. The molecule has 2 atom stereocenters. The van der Waals surface area contributed by atoms with Gasteiger partial charge in [0.15, 0.2) is 0 Å². The predicted octanol–water partition coefficient (Wildman–Crippen LogP) is 2.66. The molecule has 5 rings (SSSR count). The molecule has 0 fully saturated rings. The second kappa shape index (κ2) is 7.33. The van der Waals surface area contributed by atoms with Gasteiger partial charge in [0, 0.05) is 29.9 Å². The molecule has 0 amide bonds. The van der Waals surface area contributed by atoms with Crippen molar-refractivity contribution in [1.82, 2.24) is 20.0 Å². The maximum Gasteiger partial charge on any atom is 0.136 e. The number of likely N-dealkylation sites (N-methyl/N-ethyl adjacent to an activating group) is 1. The molecular formula is C23H21N7O. The molecular weight excluding hydrogens is 390 g/mol. The molecule has 1 aliphatic rings. The highest BCUT2D eigenvalue weighted by Crippen LogP contribution is 2.31. The third-order valence-electron chi connectivity index (χ3n) is 5.47. The van der Waals surface area contributed by atoms with Crippen LogP contribution < -0.4 is 5.73 Å². The highest BCUT2D eigenvalue weighted by molar-refractivity contribution is 6.05. The zero-order valence-electron chi connectivity index (χ0n) is 16.8. The van der Waals surface area contributed by atoms with Gasteiger partial charge in [0.05, 0.1) is 16.7 Å². The highest BCUT2D eigenvalue weighted by Gasteiger charge is 2.38. The number of rotatable bonds is 4. The van der Waals surface area contributed by atoms with Crippen molar-refractivity contribution in [1.29, 1.82) is 5.41 Å². The van der Waals surface area contributed by atoms with E-state index in [9.17, 15) is 5.11 Å². The van der Waals surface area contributed by atoms with Crippen LogP contribution in [-0.4, -0.2) is 49.8 Å². The SMILES string of the molecule is CN1N=C(c2ccc(-c3ccccc3)nc2)C(O)C1c1nc2ccc(C(=N)N)cc2[nH]1. The van der Waals surface area contributed by atoms with E-state index >= 15 is 0 Å². The van der Waals surface area contributed by atoms with Crippen molar-refractivity contribution < 1.29 is 5.11 Å². The quantitative estimate of drug-likeness (QED) is 0.303. The van der Waals surface area contributed by atoms with E-state index in [0.29, 0.717) is 17.1 Å². The summed E-state index contributed by atoms with van der Waals surface area (Å²) in [5, 5.41) is 24.9. The third-order valence-corrected chi connectivity index (χ3v) is 5.47. The van der Waals surface area contributed by atoms with Crippen LogP contribution in [0.3, 0.4) is 0 Å². The number of aromatic nitrogens is 3. The van der Waals surface area contributed by atoms with Gasteiger partial charge in [-0.25, -0.2) is 4.98 Å². The highest BCUT2D eigenvalue weighted by atomic mass is 16.3. The summed E-state index contributed by atoms with van der Waals surface area (Å²) in [7, 11) is 1.81. The molecule has 2 aromatic carbocycles. The average molecular weight is 411 g/mol. The summed E-state index contributed by atoms with van der Waals surface area (Å²) < 4.78 is 0. The maximum atomic E-state index is 11.1. The zero-order chi connectivity index (χ0) is 21.5. The Bertz CT molecular complexity index is 1290. The van der Waals surface area contributed by atoms with Crippen LogP contribution in [0.1, 0.15) is 23.0 Å². The van der Waals surface area contributed by atoms with Gasteiger partial charge in [-0.15, -0.1) is 0 Å². The Kier molecular flexibility index (Phi) is 4.48. The summed E-state index contributed by atoms with van der Waals surface area (Å²) in [5.41, 5.74) is 10.9. The van der Waals surface area contributed by atoms with Crippen LogP contribution in [0, 0.1) is 5.41 Å². The summed E-state index contributed by atoms with van der Waals surface area (Å²) in [4.78, 5) is 12.4. The number of benzene rings is 2. The molecule has 2 aromatic heterocycles. The lowest BCUT2D eigenvalue weighted by Crippen LogP contribution is -2.29. The van der Waals surface area contributed by atoms with E-state index in [1.807, 2.05) is 42.5 Å². The number of nitrogens with two attached hydrogens (primary N) is 1. The number of fused-ring (bicyclic) bond motifs is 1. The fourth-order valence-corrected chi connectivity index (χ4v) is 3.86. The van der Waals surface area contributed by atoms with Crippen molar-refractivity contribution in [3.05, 3.63) is 83.8 Å². The summed E-state index contributed by atoms with van der Waals surface area (Å²) in [6.07, 6.45) is 0.862. The number of H-pyrrole nitrogens is 1. The Morgan fingerprint density at radius 3 is 2.61 bits per heavy atom. The van der Waals surface area contributed by atoms with E-state index in [1.54, 1.807) is 36.5 Å². The minimum atomic E-state index is -0.873. The largest absolute Gasteiger partial charge is 0.384 e. The monoisotopic (exact) mass is 411 g/mol. The van der Waals surface area contributed by atoms with Gasteiger partial charge >= 0.3 is 0 Å². The van der Waals surface area contributed by atoms with Crippen LogP contribution in [0.25, 0.3) is 22.3 Å². The summed E-state index contributed by atoms with van der Waals surface area (Å²) in [6.45, 7) is 0. The zero-order valence-corrected chi connectivity index (χ0v) is 16.8. The van der Waals surface area contributed by atoms with Crippen LogP contribution in [0.15, 0.2) is 72.0 Å². The molecule has 31 heavy (non-hydrogen) atoms. The molecule has 0 radical (unpaired) electrons. The third kappa shape index (κ3) is 3.32. The standard InChI is InChI=1S/C23H21N7O/c1-30-20(23-27-17-10-7-14(22(24)25)11-18(17)28-23)21(31)19(29-30)15-8-9-16(26-12-15)13-5-3-2-4-6-13/h2-12,20-21,31H,1H3,(H3,24,25)(H,27,28). The number of nitrogens with zero attached hydrogens (tertiary/aromatic N) is 4. The second-order valence-electron chi connectivity index (χ2n) is 7.51. The lowest BCUT2D eigenvalue weighted by molar-refractivity contribution is 0.134. The number of nitrogens with one attached hydrogen (secondary N) is 2. The number of hydrazone groups is 1. The van der Waals surface area contributed by atoms with Gasteiger partial charge in [0.25, 0.3) is 0 Å². The molecule has 0 saturated heterocycles. The number of hydrogen-bond donors (Lipinski definition) is 4. The number of aromatic amines is 1. The van der Waals surface area contributed by atoms with Gasteiger partial charge in [0.2, 0.25) is 0 Å². The Morgan fingerprint density at radius 2 is 1.90 bits per heavy atom. The fourth-order valence-electron chi connectivity index (χ4n) is 3.86. The number of amidine groups is 1. The average Bonchev–Trinajstić information content (AvgIpc) is 3.33. The number of nitrogen functional groups attached to an aromatic ring is 1. The molecule has 2 unspecified atom stereocenters. The van der Waals surface area contributed by atoms with Gasteiger partial charge in [-0.1, -0.05) is 30.3 Å². The molecule has 3 heterocycles. The van der Waals surface area contributed by atoms with Crippen LogP contribution in [0.4, 0.5) is 0 Å². The minimum absolute atomic E-state index is 0.00635. The Balaban J connectivity index is 1.43. The van der Waals surface area contributed by atoms with Crippen molar-refractivity contribution in [2.24, 2.45) is 10.8 Å². The number of aliphatic hydroxyl groups is 1. The van der Waals surface area contributed by atoms with Crippen molar-refractivity contribution in [3.63, 3.8) is 0 Å². The lowest BCUT2D eigenvalue weighted by Gasteiger charge is -2.19. The summed E-state index contributed by atoms with van der Waals surface area (Å²) in [6, 6.07) is 18.7. The van der Waals surface area contributed by atoms with E-state index in [0.717, 1.165) is 27.9 Å². The number of aliphatic hydroxyl groups excluding tert-OH is 1. The first-order valence-corrected chi connectivity index (χ1v) is 9.86. The van der Waals surface area contributed by atoms with Gasteiger partial charge in [0.1, 0.15) is 29.5 Å². The molecule has 0 saturated carbocycles. The van der Waals surface area contributed by atoms with E-state index in [1.165, 1.54) is 0 Å². The van der Waals surface area contributed by atoms with Crippen molar-refractivity contribution in [3.8, 4) is 11.3 Å². The molecule has 0 bridgehead atoms.